The Labute approximate surface area is 74.1 Å². The Morgan fingerprint density at radius 3 is 2.82 bits per heavy atom. The zero-order chi connectivity index (χ0) is 7.84. The summed E-state index contributed by atoms with van der Waals surface area (Å²) in [4.78, 5) is 2.28. The number of aromatic nitrogens is 2. The molecule has 1 aliphatic rings. The lowest BCUT2D eigenvalue weighted by Crippen LogP contribution is -2.45. The van der Waals surface area contributed by atoms with Crippen LogP contribution in [0.15, 0.2) is 16.9 Å². The molecule has 11 heavy (non-hydrogen) atoms. The van der Waals surface area contributed by atoms with Gasteiger partial charge >= 0.3 is 0 Å². The number of hydrogen-bond acceptors (Lipinski definition) is 2. The number of hydrogen-bond donors (Lipinski definition) is 0. The van der Waals surface area contributed by atoms with E-state index < -0.39 is 0 Å². The predicted octanol–water partition coefficient (Wildman–Crippen LogP) is 1.13. The molecule has 0 aromatic carbocycles. The van der Waals surface area contributed by atoms with Crippen LogP contribution in [0.1, 0.15) is 6.04 Å². The van der Waals surface area contributed by atoms with Gasteiger partial charge in [0, 0.05) is 19.3 Å². The molecule has 0 atom stereocenters. The van der Waals surface area contributed by atoms with Gasteiger partial charge in [-0.05, 0) is 23.0 Å². The maximum atomic E-state index is 4.22. The Kier molecular flexibility index (Phi) is 1.73. The van der Waals surface area contributed by atoms with Gasteiger partial charge in [-0.2, -0.15) is 5.10 Å². The van der Waals surface area contributed by atoms with Gasteiger partial charge in [0.25, 0.3) is 0 Å². The topological polar surface area (TPSA) is 21.1 Å². The number of likely N-dealkylation sites (N-methyl/N-ethyl adjacent to an activating group) is 1. The summed E-state index contributed by atoms with van der Waals surface area (Å²) in [6.07, 6.45) is 3.86. The van der Waals surface area contributed by atoms with Crippen LogP contribution in [0.3, 0.4) is 0 Å². The van der Waals surface area contributed by atoms with Crippen molar-refractivity contribution in [2.45, 2.75) is 6.04 Å². The van der Waals surface area contributed by atoms with Crippen molar-refractivity contribution in [1.82, 2.24) is 14.7 Å². The van der Waals surface area contributed by atoms with Crippen molar-refractivity contribution < 1.29 is 0 Å². The highest BCUT2D eigenvalue weighted by Gasteiger charge is 2.24. The van der Waals surface area contributed by atoms with Crippen molar-refractivity contribution in [3.63, 3.8) is 0 Å². The second-order valence-electron chi connectivity index (χ2n) is 3.01. The van der Waals surface area contributed by atoms with Crippen molar-refractivity contribution in [3.05, 3.63) is 16.9 Å². The van der Waals surface area contributed by atoms with Gasteiger partial charge in [-0.1, -0.05) is 0 Å². The fraction of sp³-hybridized carbons (Fsp3) is 0.571. The highest BCUT2D eigenvalue weighted by molar-refractivity contribution is 9.10. The molecule has 1 aromatic rings. The molecule has 0 saturated carbocycles. The normalized spacial score (nSPS) is 20.2. The van der Waals surface area contributed by atoms with Gasteiger partial charge in [-0.25, -0.2) is 0 Å². The summed E-state index contributed by atoms with van der Waals surface area (Å²) in [7, 11) is 2.12. The Morgan fingerprint density at radius 2 is 2.36 bits per heavy atom. The minimum Gasteiger partial charge on any atom is -0.302 e. The van der Waals surface area contributed by atoms with Gasteiger partial charge < -0.3 is 4.90 Å². The zero-order valence-corrected chi connectivity index (χ0v) is 7.95. The van der Waals surface area contributed by atoms with Gasteiger partial charge in [0.2, 0.25) is 0 Å². The van der Waals surface area contributed by atoms with Crippen LogP contribution in [0, 0.1) is 0 Å². The second-order valence-corrected chi connectivity index (χ2v) is 3.93. The lowest BCUT2D eigenvalue weighted by Gasteiger charge is -2.35. The number of nitrogens with zero attached hydrogens (tertiary/aromatic N) is 3. The van der Waals surface area contributed by atoms with Crippen molar-refractivity contribution in [3.8, 4) is 0 Å². The van der Waals surface area contributed by atoms with Crippen molar-refractivity contribution in [2.75, 3.05) is 20.1 Å². The summed E-state index contributed by atoms with van der Waals surface area (Å²) in [6.45, 7) is 2.24. The summed E-state index contributed by atoms with van der Waals surface area (Å²) in [5.74, 6) is 0. The summed E-state index contributed by atoms with van der Waals surface area (Å²) < 4.78 is 3.08. The number of likely N-dealkylation sites (tertiary alicyclic amines) is 1. The van der Waals surface area contributed by atoms with E-state index in [-0.39, 0.29) is 0 Å². The molecule has 0 amide bonds. The third-order valence-corrected chi connectivity index (χ3v) is 2.40. The van der Waals surface area contributed by atoms with Crippen LogP contribution in [0.25, 0.3) is 0 Å². The molecule has 0 spiro atoms. The minimum atomic E-state index is 0.589. The summed E-state index contributed by atoms with van der Waals surface area (Å²) in [5, 5.41) is 4.22. The number of halogens is 1. The fourth-order valence-electron chi connectivity index (χ4n) is 1.35. The summed E-state index contributed by atoms with van der Waals surface area (Å²) in [6, 6.07) is 0.589. The van der Waals surface area contributed by atoms with Crippen LogP contribution in [-0.2, 0) is 0 Å². The van der Waals surface area contributed by atoms with E-state index in [2.05, 4.69) is 33.0 Å². The van der Waals surface area contributed by atoms with E-state index in [1.54, 1.807) is 0 Å². The maximum Gasteiger partial charge on any atom is 0.0773 e. The first kappa shape index (κ1) is 7.31. The molecule has 2 rings (SSSR count). The molecule has 1 saturated heterocycles. The van der Waals surface area contributed by atoms with E-state index in [0.29, 0.717) is 6.04 Å². The van der Waals surface area contributed by atoms with E-state index in [1.165, 1.54) is 0 Å². The lowest BCUT2D eigenvalue weighted by atomic mass is 10.1. The van der Waals surface area contributed by atoms with Gasteiger partial charge in [-0.15, -0.1) is 0 Å². The largest absolute Gasteiger partial charge is 0.302 e. The molecule has 0 unspecified atom stereocenters. The van der Waals surface area contributed by atoms with E-state index in [1.807, 2.05) is 17.1 Å². The first-order chi connectivity index (χ1) is 5.25. The van der Waals surface area contributed by atoms with Gasteiger partial charge in [0.15, 0.2) is 0 Å². The van der Waals surface area contributed by atoms with Gasteiger partial charge in [0.05, 0.1) is 16.7 Å². The van der Waals surface area contributed by atoms with Crippen LogP contribution in [-0.4, -0.2) is 34.8 Å². The summed E-state index contributed by atoms with van der Waals surface area (Å²) >= 11 is 3.37. The molecule has 1 aliphatic heterocycles. The lowest BCUT2D eigenvalue weighted by molar-refractivity contribution is 0.130. The van der Waals surface area contributed by atoms with Crippen LogP contribution in [0.5, 0.6) is 0 Å². The Morgan fingerprint density at radius 1 is 1.64 bits per heavy atom. The van der Waals surface area contributed by atoms with Crippen molar-refractivity contribution >= 4 is 15.9 Å². The second kappa shape index (κ2) is 2.60. The molecule has 60 valence electrons. The van der Waals surface area contributed by atoms with Gasteiger partial charge in [-0.3, -0.25) is 4.68 Å². The van der Waals surface area contributed by atoms with E-state index in [9.17, 15) is 0 Å². The fourth-order valence-corrected chi connectivity index (χ4v) is 1.65. The van der Waals surface area contributed by atoms with E-state index >= 15 is 0 Å². The van der Waals surface area contributed by atoms with Crippen LogP contribution < -0.4 is 0 Å². The first-order valence-corrected chi connectivity index (χ1v) is 4.43. The molecule has 1 aromatic heterocycles. The average molecular weight is 216 g/mol. The maximum absolute atomic E-state index is 4.22. The Balaban J connectivity index is 2.07. The molecule has 0 bridgehead atoms. The molecule has 0 aliphatic carbocycles. The van der Waals surface area contributed by atoms with Gasteiger partial charge in [0.1, 0.15) is 0 Å². The van der Waals surface area contributed by atoms with Crippen LogP contribution in [0.2, 0.25) is 0 Å². The third kappa shape index (κ3) is 1.32. The average Bonchev–Trinajstić information content (AvgIpc) is 2.29. The zero-order valence-electron chi connectivity index (χ0n) is 6.37. The standard InChI is InChI=1S/C7H10BrN3/c1-10-4-7(5-10)11-3-6(8)2-9-11/h2-3,7H,4-5H2,1H3. The molecule has 3 nitrogen and oxygen atoms in total. The molecule has 0 N–H and O–H groups in total. The Hall–Kier alpha value is -0.350. The van der Waals surface area contributed by atoms with E-state index in [4.69, 9.17) is 0 Å². The highest BCUT2D eigenvalue weighted by Crippen LogP contribution is 2.19. The third-order valence-electron chi connectivity index (χ3n) is 1.99. The SMILES string of the molecule is CN1CC(n2cc(Br)cn2)C1. The van der Waals surface area contributed by atoms with Crippen molar-refractivity contribution in [2.24, 2.45) is 0 Å². The smallest absolute Gasteiger partial charge is 0.0773 e. The summed E-state index contributed by atoms with van der Waals surface area (Å²) in [5.41, 5.74) is 0. The molecular formula is C7H10BrN3. The molecule has 1 fully saturated rings. The highest BCUT2D eigenvalue weighted by atomic mass is 79.9. The monoisotopic (exact) mass is 215 g/mol. The number of rotatable bonds is 1. The van der Waals surface area contributed by atoms with Crippen LogP contribution in [0.4, 0.5) is 0 Å². The molecule has 0 radical (unpaired) electrons. The van der Waals surface area contributed by atoms with E-state index in [0.717, 1.165) is 17.6 Å². The quantitative estimate of drug-likeness (QED) is 0.701. The molecule has 4 heteroatoms. The minimum absolute atomic E-state index is 0.589. The molecule has 2 heterocycles. The van der Waals surface area contributed by atoms with Crippen molar-refractivity contribution in [1.29, 1.82) is 0 Å². The first-order valence-electron chi connectivity index (χ1n) is 3.64. The molecular weight excluding hydrogens is 206 g/mol. The van der Waals surface area contributed by atoms with Crippen LogP contribution >= 0.6 is 15.9 Å². The predicted molar refractivity (Wildman–Crippen MR) is 46.5 cm³/mol. The Bertz CT molecular complexity index is 252.